The third kappa shape index (κ3) is 5.02. The van der Waals surface area contributed by atoms with Crippen LogP contribution in [0.4, 0.5) is 5.69 Å². The lowest BCUT2D eigenvalue weighted by Crippen LogP contribution is -2.27. The van der Waals surface area contributed by atoms with E-state index < -0.39 is 15.8 Å². The van der Waals surface area contributed by atoms with Crippen LogP contribution in [0.1, 0.15) is 38.2 Å². The highest BCUT2D eigenvalue weighted by atomic mass is 32.2. The van der Waals surface area contributed by atoms with Crippen molar-refractivity contribution in [2.24, 2.45) is 0 Å². The second kappa shape index (κ2) is 10.0. The molecule has 3 aromatic rings. The number of sulfonamides is 1. The highest BCUT2D eigenvalue weighted by molar-refractivity contribution is 7.89. The normalized spacial score (nSPS) is 14.5. The average Bonchev–Trinajstić information content (AvgIpc) is 3.45. The van der Waals surface area contributed by atoms with Crippen molar-refractivity contribution in [1.29, 1.82) is 0 Å². The van der Waals surface area contributed by atoms with Gasteiger partial charge in [0.25, 0.3) is 0 Å². The number of fused-ring (bicyclic) bond motifs is 1. The lowest BCUT2D eigenvalue weighted by atomic mass is 10.2. The van der Waals surface area contributed by atoms with E-state index in [1.54, 1.807) is 12.1 Å². The van der Waals surface area contributed by atoms with Crippen LogP contribution >= 0.6 is 0 Å². The summed E-state index contributed by atoms with van der Waals surface area (Å²) in [6, 6.07) is 9.96. The van der Waals surface area contributed by atoms with Crippen LogP contribution < -0.4 is 15.8 Å². The van der Waals surface area contributed by atoms with Crippen molar-refractivity contribution in [3.63, 3.8) is 0 Å². The fraction of sp³-hybridized carbons (Fsp3) is 0.417. The predicted molar refractivity (Wildman–Crippen MR) is 129 cm³/mol. The van der Waals surface area contributed by atoms with Crippen molar-refractivity contribution in [2.45, 2.75) is 51.0 Å². The van der Waals surface area contributed by atoms with Gasteiger partial charge in [-0.1, -0.05) is 13.0 Å². The number of aryl methyl sites for hydroxylation is 2. The van der Waals surface area contributed by atoms with Gasteiger partial charge in [0.2, 0.25) is 15.9 Å². The molecule has 1 fully saturated rings. The Morgan fingerprint density at radius 2 is 1.91 bits per heavy atom. The topological polar surface area (TPSA) is 111 Å². The quantitative estimate of drug-likeness (QED) is 0.495. The zero-order valence-electron chi connectivity index (χ0n) is 19.4. The summed E-state index contributed by atoms with van der Waals surface area (Å²) in [7, 11) is -3.62. The second-order valence-corrected chi connectivity index (χ2v) is 10.3. The van der Waals surface area contributed by atoms with Crippen LogP contribution in [0, 0.1) is 6.92 Å². The molecule has 0 bridgehead atoms. The number of carbonyl (C=O) groups excluding carboxylic acids is 1. The number of hydrogen-bond acceptors (Lipinski definition) is 6. The minimum Gasteiger partial charge on any atom is -0.491 e. The number of oxazole rings is 1. The van der Waals surface area contributed by atoms with E-state index in [0.717, 1.165) is 24.8 Å². The smallest absolute Gasteiger partial charge is 0.419 e. The number of ether oxygens (including phenoxy) is 1. The van der Waals surface area contributed by atoms with E-state index in [9.17, 15) is 18.0 Å². The molecule has 0 radical (unpaired) electrons. The minimum absolute atomic E-state index is 0.0312. The molecule has 1 aliphatic heterocycles. The van der Waals surface area contributed by atoms with Crippen molar-refractivity contribution in [3.8, 4) is 5.75 Å². The molecule has 1 N–H and O–H groups in total. The Bertz CT molecular complexity index is 1350. The van der Waals surface area contributed by atoms with Gasteiger partial charge in [0.05, 0.1) is 22.7 Å². The van der Waals surface area contributed by atoms with Crippen LogP contribution in [-0.2, 0) is 21.4 Å². The highest BCUT2D eigenvalue weighted by Crippen LogP contribution is 2.27. The standard InChI is InChI=1S/C24H29N3O6S/c1-3-14-32-21-15-17(2)6-8-19(21)25-23(28)10-13-27-20-9-7-18(16-22(20)33-24(27)29)34(30,31)26-11-4-5-12-26/h6-9,15-16H,3-5,10-14H2,1-2H3,(H,25,28). The molecule has 2 aromatic carbocycles. The van der Waals surface area contributed by atoms with Gasteiger partial charge in [-0.25, -0.2) is 13.2 Å². The van der Waals surface area contributed by atoms with Crippen molar-refractivity contribution < 1.29 is 22.4 Å². The van der Waals surface area contributed by atoms with Crippen LogP contribution in [0.2, 0.25) is 0 Å². The summed E-state index contributed by atoms with van der Waals surface area (Å²) < 4.78 is 39.4. The van der Waals surface area contributed by atoms with Gasteiger partial charge in [0.1, 0.15) is 5.75 Å². The number of nitrogens with one attached hydrogen (secondary N) is 1. The summed E-state index contributed by atoms with van der Waals surface area (Å²) in [5.41, 5.74) is 2.22. The minimum atomic E-state index is -3.62. The third-order valence-corrected chi connectivity index (χ3v) is 7.67. The van der Waals surface area contributed by atoms with Gasteiger partial charge >= 0.3 is 5.76 Å². The number of anilines is 1. The monoisotopic (exact) mass is 487 g/mol. The molecule has 9 nitrogen and oxygen atoms in total. The molecule has 2 heterocycles. The van der Waals surface area contributed by atoms with Gasteiger partial charge < -0.3 is 14.5 Å². The number of aromatic nitrogens is 1. The molecule has 182 valence electrons. The highest BCUT2D eigenvalue weighted by Gasteiger charge is 2.28. The first kappa shape index (κ1) is 24.0. The molecule has 0 aliphatic carbocycles. The number of amides is 1. The van der Waals surface area contributed by atoms with E-state index in [0.29, 0.717) is 36.6 Å². The second-order valence-electron chi connectivity index (χ2n) is 8.41. The van der Waals surface area contributed by atoms with E-state index in [1.807, 2.05) is 26.0 Å². The molecule has 34 heavy (non-hydrogen) atoms. The molecule has 10 heteroatoms. The lowest BCUT2D eigenvalue weighted by molar-refractivity contribution is -0.116. The molecular weight excluding hydrogens is 458 g/mol. The van der Waals surface area contributed by atoms with Crippen LogP contribution in [0.15, 0.2) is 50.5 Å². The van der Waals surface area contributed by atoms with Crippen molar-refractivity contribution in [3.05, 3.63) is 52.5 Å². The number of carbonyl (C=O) groups is 1. The number of nitrogens with zero attached hydrogens (tertiary/aromatic N) is 2. The Kier molecular flexibility index (Phi) is 7.08. The SMILES string of the molecule is CCCOc1cc(C)ccc1NC(=O)CCn1c(=O)oc2cc(S(=O)(=O)N3CCCC3)ccc21. The van der Waals surface area contributed by atoms with Gasteiger partial charge in [-0.05, 0) is 56.0 Å². The number of benzene rings is 2. The molecule has 1 aromatic heterocycles. The van der Waals surface area contributed by atoms with Crippen LogP contribution in [0.25, 0.3) is 11.1 Å². The molecule has 0 saturated carbocycles. The van der Waals surface area contributed by atoms with E-state index in [2.05, 4.69) is 5.32 Å². The predicted octanol–water partition coefficient (Wildman–Crippen LogP) is 3.51. The van der Waals surface area contributed by atoms with Crippen LogP contribution in [0.5, 0.6) is 5.75 Å². The zero-order valence-corrected chi connectivity index (χ0v) is 20.2. The summed E-state index contributed by atoms with van der Waals surface area (Å²) in [6.07, 6.45) is 2.55. The lowest BCUT2D eigenvalue weighted by Gasteiger charge is -2.15. The Labute approximate surface area is 198 Å². The van der Waals surface area contributed by atoms with E-state index >= 15 is 0 Å². The first-order chi connectivity index (χ1) is 16.3. The summed E-state index contributed by atoms with van der Waals surface area (Å²) in [5, 5.41) is 2.84. The van der Waals surface area contributed by atoms with Crippen molar-refractivity contribution in [1.82, 2.24) is 8.87 Å². The summed E-state index contributed by atoms with van der Waals surface area (Å²) in [6.45, 7) is 5.57. The molecule has 1 aliphatic rings. The summed E-state index contributed by atoms with van der Waals surface area (Å²) in [4.78, 5) is 25.1. The third-order valence-electron chi connectivity index (χ3n) is 5.78. The van der Waals surface area contributed by atoms with Crippen molar-refractivity contribution >= 4 is 32.7 Å². The summed E-state index contributed by atoms with van der Waals surface area (Å²) in [5.74, 6) is -0.312. The van der Waals surface area contributed by atoms with Crippen LogP contribution in [0.3, 0.4) is 0 Å². The van der Waals surface area contributed by atoms with E-state index in [4.69, 9.17) is 9.15 Å². The number of rotatable bonds is 9. The van der Waals surface area contributed by atoms with Gasteiger partial charge in [-0.15, -0.1) is 0 Å². The molecule has 1 saturated heterocycles. The molecule has 0 atom stereocenters. The van der Waals surface area contributed by atoms with Gasteiger partial charge in [0, 0.05) is 32.1 Å². The maximum atomic E-state index is 12.8. The first-order valence-electron chi connectivity index (χ1n) is 11.5. The van der Waals surface area contributed by atoms with E-state index in [-0.39, 0.29) is 29.4 Å². The molecule has 0 spiro atoms. The van der Waals surface area contributed by atoms with Gasteiger partial charge in [-0.3, -0.25) is 9.36 Å². The fourth-order valence-electron chi connectivity index (χ4n) is 3.99. The Morgan fingerprint density at radius 3 is 2.65 bits per heavy atom. The molecule has 4 rings (SSSR count). The molecule has 0 unspecified atom stereocenters. The van der Waals surface area contributed by atoms with Gasteiger partial charge in [-0.2, -0.15) is 4.31 Å². The molecule has 1 amide bonds. The van der Waals surface area contributed by atoms with Gasteiger partial charge in [0.15, 0.2) is 5.58 Å². The first-order valence-corrected chi connectivity index (χ1v) is 12.9. The average molecular weight is 488 g/mol. The van der Waals surface area contributed by atoms with Crippen molar-refractivity contribution in [2.75, 3.05) is 25.0 Å². The number of hydrogen-bond donors (Lipinski definition) is 1. The zero-order chi connectivity index (χ0) is 24.3. The Hall–Kier alpha value is -3.11. The molecular formula is C24H29N3O6S. The fourth-order valence-corrected chi connectivity index (χ4v) is 5.52. The van der Waals surface area contributed by atoms with E-state index in [1.165, 1.54) is 21.0 Å². The van der Waals surface area contributed by atoms with Crippen LogP contribution in [-0.4, -0.2) is 42.9 Å². The Balaban J connectivity index is 1.48. The maximum Gasteiger partial charge on any atom is 0.419 e. The maximum absolute atomic E-state index is 12.8. The summed E-state index contributed by atoms with van der Waals surface area (Å²) >= 11 is 0. The Morgan fingerprint density at radius 1 is 1.15 bits per heavy atom. The largest absolute Gasteiger partial charge is 0.491 e.